The van der Waals surface area contributed by atoms with Crippen LogP contribution in [0, 0.1) is 0 Å². The van der Waals surface area contributed by atoms with Crippen molar-refractivity contribution in [3.63, 3.8) is 0 Å². The SMILES string of the molecule is CCCCN1C2COC[C@H]1CC(N(C(=O)c1n[nH]c3ccccc13)C(C)CC)C2. The summed E-state index contributed by atoms with van der Waals surface area (Å²) in [4.78, 5) is 18.5. The van der Waals surface area contributed by atoms with Gasteiger partial charge in [0, 0.05) is 29.6 Å². The maximum Gasteiger partial charge on any atom is 0.275 e. The van der Waals surface area contributed by atoms with Gasteiger partial charge in [0.1, 0.15) is 0 Å². The second-order valence-electron chi connectivity index (χ2n) is 8.65. The highest BCUT2D eigenvalue weighted by molar-refractivity contribution is 6.04. The standard InChI is InChI=1S/C23H34N4O2/c1-4-6-11-26-18-12-17(13-19(26)15-29-14-18)27(16(3)5-2)23(28)22-20-9-7-8-10-21(20)24-25-22/h7-10,16-19H,4-6,11-15H2,1-3H3,(H,24,25)/t16?,17?,18-,19?/m1/s1. The first-order valence-electron chi connectivity index (χ1n) is 11.2. The van der Waals surface area contributed by atoms with Crippen LogP contribution >= 0.6 is 0 Å². The third-order valence-electron chi connectivity index (χ3n) is 6.78. The number of piperidine rings is 1. The highest BCUT2D eigenvalue weighted by atomic mass is 16.5. The van der Waals surface area contributed by atoms with E-state index in [2.05, 4.69) is 40.8 Å². The van der Waals surface area contributed by atoms with E-state index in [0.717, 1.165) is 49.9 Å². The smallest absolute Gasteiger partial charge is 0.275 e. The first-order chi connectivity index (χ1) is 14.1. The zero-order chi connectivity index (χ0) is 20.4. The van der Waals surface area contributed by atoms with Gasteiger partial charge in [-0.2, -0.15) is 5.10 Å². The molecule has 2 aliphatic heterocycles. The number of fused-ring (bicyclic) bond motifs is 3. The average Bonchev–Trinajstić information content (AvgIpc) is 3.16. The molecule has 158 valence electrons. The van der Waals surface area contributed by atoms with Gasteiger partial charge >= 0.3 is 0 Å². The minimum absolute atomic E-state index is 0.0581. The summed E-state index contributed by atoms with van der Waals surface area (Å²) in [6.07, 6.45) is 5.35. The van der Waals surface area contributed by atoms with E-state index < -0.39 is 0 Å². The van der Waals surface area contributed by atoms with E-state index in [9.17, 15) is 4.79 Å². The highest BCUT2D eigenvalue weighted by Gasteiger charge is 2.43. The Labute approximate surface area is 173 Å². The molecule has 6 heteroatoms. The summed E-state index contributed by atoms with van der Waals surface area (Å²) in [5.74, 6) is 0.0581. The molecule has 0 saturated carbocycles. The number of carbonyl (C=O) groups is 1. The second-order valence-corrected chi connectivity index (χ2v) is 8.65. The molecular weight excluding hydrogens is 364 g/mol. The van der Waals surface area contributed by atoms with E-state index >= 15 is 0 Å². The Morgan fingerprint density at radius 1 is 1.28 bits per heavy atom. The van der Waals surface area contributed by atoms with Crippen LogP contribution in [0.25, 0.3) is 10.9 Å². The molecule has 29 heavy (non-hydrogen) atoms. The maximum absolute atomic E-state index is 13.7. The van der Waals surface area contributed by atoms with Crippen molar-refractivity contribution in [2.45, 2.75) is 77.0 Å². The lowest BCUT2D eigenvalue weighted by Gasteiger charge is -2.51. The summed E-state index contributed by atoms with van der Waals surface area (Å²) in [5, 5.41) is 8.34. The summed E-state index contributed by atoms with van der Waals surface area (Å²) >= 11 is 0. The first kappa shape index (κ1) is 20.4. The fourth-order valence-corrected chi connectivity index (χ4v) is 5.07. The lowest BCUT2D eigenvalue weighted by Crippen LogP contribution is -2.62. The van der Waals surface area contributed by atoms with Crippen LogP contribution in [0.3, 0.4) is 0 Å². The molecule has 2 saturated heterocycles. The Balaban J connectivity index is 1.60. The van der Waals surface area contributed by atoms with Crippen molar-refractivity contribution in [3.05, 3.63) is 30.0 Å². The van der Waals surface area contributed by atoms with E-state index in [-0.39, 0.29) is 18.0 Å². The summed E-state index contributed by atoms with van der Waals surface area (Å²) in [6.45, 7) is 9.28. The van der Waals surface area contributed by atoms with E-state index in [1.807, 2.05) is 24.3 Å². The molecular formula is C23H34N4O2. The Morgan fingerprint density at radius 2 is 2.00 bits per heavy atom. The third-order valence-corrected chi connectivity index (χ3v) is 6.78. The number of hydrogen-bond acceptors (Lipinski definition) is 4. The van der Waals surface area contributed by atoms with Crippen LogP contribution in [0.4, 0.5) is 0 Å². The van der Waals surface area contributed by atoms with Gasteiger partial charge in [-0.15, -0.1) is 0 Å². The summed E-state index contributed by atoms with van der Waals surface area (Å²) in [6, 6.07) is 9.14. The number of benzene rings is 1. The molecule has 4 rings (SSSR count). The summed E-state index contributed by atoms with van der Waals surface area (Å²) < 4.78 is 5.89. The van der Waals surface area contributed by atoms with E-state index in [1.54, 1.807) is 0 Å². The van der Waals surface area contributed by atoms with Gasteiger partial charge in [-0.1, -0.05) is 38.5 Å². The van der Waals surface area contributed by atoms with Gasteiger partial charge in [-0.25, -0.2) is 0 Å². The van der Waals surface area contributed by atoms with Crippen LogP contribution in [-0.4, -0.2) is 69.8 Å². The minimum Gasteiger partial charge on any atom is -0.378 e. The van der Waals surface area contributed by atoms with Crippen LogP contribution in [-0.2, 0) is 4.74 Å². The molecule has 2 aromatic rings. The van der Waals surface area contributed by atoms with Crippen molar-refractivity contribution < 1.29 is 9.53 Å². The van der Waals surface area contributed by atoms with Gasteiger partial charge in [0.15, 0.2) is 5.69 Å². The third kappa shape index (κ3) is 3.92. The summed E-state index contributed by atoms with van der Waals surface area (Å²) in [7, 11) is 0. The lowest BCUT2D eigenvalue weighted by atomic mass is 9.87. The molecule has 1 amide bonds. The predicted molar refractivity (Wildman–Crippen MR) is 115 cm³/mol. The quantitative estimate of drug-likeness (QED) is 0.770. The molecule has 3 unspecified atom stereocenters. The number of nitrogens with zero attached hydrogens (tertiary/aromatic N) is 3. The zero-order valence-corrected chi connectivity index (χ0v) is 17.9. The van der Waals surface area contributed by atoms with Gasteiger partial charge in [-0.3, -0.25) is 14.8 Å². The normalized spacial score (nSPS) is 25.8. The number of ether oxygens (including phenoxy) is 1. The number of rotatable bonds is 7. The number of amides is 1. The molecule has 6 nitrogen and oxygen atoms in total. The molecule has 1 N–H and O–H groups in total. The molecule has 2 fully saturated rings. The van der Waals surface area contributed by atoms with Gasteiger partial charge < -0.3 is 9.64 Å². The van der Waals surface area contributed by atoms with Crippen LogP contribution in [0.1, 0.15) is 63.4 Å². The zero-order valence-electron chi connectivity index (χ0n) is 17.9. The van der Waals surface area contributed by atoms with Gasteiger partial charge in [0.25, 0.3) is 5.91 Å². The maximum atomic E-state index is 13.7. The van der Waals surface area contributed by atoms with Crippen LogP contribution < -0.4 is 0 Å². The predicted octanol–water partition coefficient (Wildman–Crippen LogP) is 3.84. The molecule has 0 aliphatic carbocycles. The number of H-pyrrole nitrogens is 1. The van der Waals surface area contributed by atoms with Crippen molar-refractivity contribution in [2.75, 3.05) is 19.8 Å². The van der Waals surface area contributed by atoms with E-state index in [4.69, 9.17) is 4.74 Å². The Bertz CT molecular complexity index is 821. The molecule has 0 radical (unpaired) electrons. The largest absolute Gasteiger partial charge is 0.378 e. The van der Waals surface area contributed by atoms with Crippen molar-refractivity contribution in [3.8, 4) is 0 Å². The van der Waals surface area contributed by atoms with Crippen LogP contribution in [0.2, 0.25) is 0 Å². The number of nitrogens with one attached hydrogen (secondary N) is 1. The van der Waals surface area contributed by atoms with Crippen molar-refractivity contribution in [2.24, 2.45) is 0 Å². The second kappa shape index (κ2) is 8.84. The molecule has 1 aromatic carbocycles. The molecule has 3 heterocycles. The minimum atomic E-state index is 0.0581. The van der Waals surface area contributed by atoms with Gasteiger partial charge in [0.05, 0.1) is 18.7 Å². The molecule has 2 bridgehead atoms. The fourth-order valence-electron chi connectivity index (χ4n) is 5.07. The lowest BCUT2D eigenvalue weighted by molar-refractivity contribution is -0.0941. The topological polar surface area (TPSA) is 61.5 Å². The molecule has 1 aromatic heterocycles. The van der Waals surface area contributed by atoms with Gasteiger partial charge in [0.2, 0.25) is 0 Å². The number of carbonyl (C=O) groups excluding carboxylic acids is 1. The fraction of sp³-hybridized carbons (Fsp3) is 0.652. The average molecular weight is 399 g/mol. The summed E-state index contributed by atoms with van der Waals surface area (Å²) in [5.41, 5.74) is 1.47. The van der Waals surface area contributed by atoms with E-state index in [1.165, 1.54) is 12.8 Å². The Kier molecular flexibility index (Phi) is 6.20. The number of aromatic amines is 1. The van der Waals surface area contributed by atoms with E-state index in [0.29, 0.717) is 17.8 Å². The Hall–Kier alpha value is -1.92. The number of aromatic nitrogens is 2. The van der Waals surface area contributed by atoms with Gasteiger partial charge in [-0.05, 0) is 45.2 Å². The molecule has 4 atom stereocenters. The van der Waals surface area contributed by atoms with Crippen LogP contribution in [0.5, 0.6) is 0 Å². The number of hydrogen-bond donors (Lipinski definition) is 1. The number of para-hydroxylation sites is 1. The Morgan fingerprint density at radius 3 is 2.69 bits per heavy atom. The molecule has 2 aliphatic rings. The molecule has 0 spiro atoms. The first-order valence-corrected chi connectivity index (χ1v) is 11.2. The van der Waals surface area contributed by atoms with Crippen LogP contribution in [0.15, 0.2) is 24.3 Å². The van der Waals surface area contributed by atoms with Crippen molar-refractivity contribution >= 4 is 16.8 Å². The highest BCUT2D eigenvalue weighted by Crippen LogP contribution is 2.33. The monoisotopic (exact) mass is 398 g/mol. The number of morpholine rings is 1. The van der Waals surface area contributed by atoms with Crippen molar-refractivity contribution in [1.82, 2.24) is 20.0 Å². The number of unbranched alkanes of at least 4 members (excludes halogenated alkanes) is 1. The van der Waals surface area contributed by atoms with Crippen molar-refractivity contribution in [1.29, 1.82) is 0 Å².